The van der Waals surface area contributed by atoms with Crippen LogP contribution in [0.4, 0.5) is 0 Å². The van der Waals surface area contributed by atoms with Gasteiger partial charge < -0.3 is 9.84 Å². The molecule has 4 heteroatoms. The van der Waals surface area contributed by atoms with Crippen LogP contribution in [0.25, 0.3) is 0 Å². The van der Waals surface area contributed by atoms with E-state index in [4.69, 9.17) is 4.74 Å². The minimum atomic E-state index is -0.723. The van der Waals surface area contributed by atoms with E-state index in [2.05, 4.69) is 4.98 Å². The highest BCUT2D eigenvalue weighted by Crippen LogP contribution is 2.34. The second-order valence-corrected chi connectivity index (χ2v) is 5.32. The average molecular weight is 263 g/mol. The summed E-state index contributed by atoms with van der Waals surface area (Å²) in [5.74, 6) is 0.716. The van der Waals surface area contributed by atoms with Gasteiger partial charge in [0.25, 0.3) is 0 Å². The van der Waals surface area contributed by atoms with Crippen LogP contribution < -0.4 is 4.74 Å². The van der Waals surface area contributed by atoms with E-state index in [9.17, 15) is 5.11 Å². The monoisotopic (exact) mass is 263 g/mol. The summed E-state index contributed by atoms with van der Waals surface area (Å²) in [7, 11) is 1.62. The van der Waals surface area contributed by atoms with Gasteiger partial charge in [-0.3, -0.25) is 0 Å². The van der Waals surface area contributed by atoms with Crippen LogP contribution in [0.3, 0.4) is 0 Å². The number of aromatic nitrogens is 1. The Morgan fingerprint density at radius 1 is 1.28 bits per heavy atom. The molecular weight excluding hydrogens is 246 g/mol. The molecule has 0 saturated carbocycles. The quantitative estimate of drug-likeness (QED) is 0.925. The van der Waals surface area contributed by atoms with Crippen molar-refractivity contribution in [2.45, 2.75) is 26.9 Å². The minimum absolute atomic E-state index is 0.706. The molecule has 1 N–H and O–H groups in total. The molecule has 1 atom stereocenters. The number of ether oxygens (including phenoxy) is 1. The average Bonchev–Trinajstić information content (AvgIpc) is 2.74. The standard InChI is InChI=1S/C14H17NO2S/c1-8-5-9(2)12(11(6-8)17-4)13(16)14-15-10(3)7-18-14/h5-7,13,16H,1-4H3. The van der Waals surface area contributed by atoms with Crippen molar-refractivity contribution in [2.24, 2.45) is 0 Å². The van der Waals surface area contributed by atoms with Crippen molar-refractivity contribution in [1.82, 2.24) is 4.98 Å². The zero-order chi connectivity index (χ0) is 13.3. The normalized spacial score (nSPS) is 12.5. The fourth-order valence-electron chi connectivity index (χ4n) is 2.08. The smallest absolute Gasteiger partial charge is 0.134 e. The lowest BCUT2D eigenvalue weighted by Gasteiger charge is -2.16. The van der Waals surface area contributed by atoms with Crippen molar-refractivity contribution in [1.29, 1.82) is 0 Å². The number of aliphatic hydroxyl groups excluding tert-OH is 1. The molecule has 18 heavy (non-hydrogen) atoms. The van der Waals surface area contributed by atoms with E-state index < -0.39 is 6.10 Å². The summed E-state index contributed by atoms with van der Waals surface area (Å²) in [5, 5.41) is 13.1. The molecule has 0 aliphatic rings. The lowest BCUT2D eigenvalue weighted by molar-refractivity contribution is 0.213. The molecule has 3 nitrogen and oxygen atoms in total. The van der Waals surface area contributed by atoms with Gasteiger partial charge in [-0.25, -0.2) is 4.98 Å². The Balaban J connectivity index is 2.50. The highest BCUT2D eigenvalue weighted by molar-refractivity contribution is 7.09. The molecule has 0 radical (unpaired) electrons. The molecule has 1 aromatic heterocycles. The molecule has 1 unspecified atom stereocenters. The number of hydrogen-bond acceptors (Lipinski definition) is 4. The fourth-order valence-corrected chi connectivity index (χ4v) is 2.87. The maximum atomic E-state index is 10.5. The molecule has 1 aromatic carbocycles. The molecule has 2 rings (SSSR count). The third kappa shape index (κ3) is 2.40. The van der Waals surface area contributed by atoms with E-state index in [1.54, 1.807) is 7.11 Å². The van der Waals surface area contributed by atoms with E-state index in [1.165, 1.54) is 11.3 Å². The summed E-state index contributed by atoms with van der Waals surface area (Å²) in [5.41, 5.74) is 3.87. The zero-order valence-corrected chi connectivity index (χ0v) is 11.8. The van der Waals surface area contributed by atoms with E-state index in [-0.39, 0.29) is 0 Å². The number of methoxy groups -OCH3 is 1. The predicted octanol–water partition coefficient (Wildman–Crippen LogP) is 3.16. The molecule has 0 aliphatic carbocycles. The Bertz CT molecular complexity index is 563. The number of aryl methyl sites for hydroxylation is 3. The van der Waals surface area contributed by atoms with E-state index in [0.29, 0.717) is 10.8 Å². The van der Waals surface area contributed by atoms with E-state index in [0.717, 1.165) is 22.4 Å². The summed E-state index contributed by atoms with van der Waals surface area (Å²) in [6, 6.07) is 3.98. The number of aliphatic hydroxyl groups is 1. The van der Waals surface area contributed by atoms with Gasteiger partial charge in [-0.15, -0.1) is 11.3 Å². The first kappa shape index (κ1) is 13.1. The summed E-state index contributed by atoms with van der Waals surface area (Å²) >= 11 is 1.47. The fraction of sp³-hybridized carbons (Fsp3) is 0.357. The predicted molar refractivity (Wildman–Crippen MR) is 73.4 cm³/mol. The van der Waals surface area contributed by atoms with Gasteiger partial charge in [0.15, 0.2) is 0 Å². The number of nitrogens with zero attached hydrogens (tertiary/aromatic N) is 1. The Hall–Kier alpha value is -1.39. The molecule has 0 saturated heterocycles. The van der Waals surface area contributed by atoms with Crippen molar-refractivity contribution in [3.63, 3.8) is 0 Å². The number of thiazole rings is 1. The Kier molecular flexibility index (Phi) is 3.68. The van der Waals surface area contributed by atoms with Crippen LogP contribution in [0.2, 0.25) is 0 Å². The highest BCUT2D eigenvalue weighted by atomic mass is 32.1. The Morgan fingerprint density at radius 2 is 2.00 bits per heavy atom. The lowest BCUT2D eigenvalue weighted by atomic mass is 10.00. The third-order valence-corrected chi connectivity index (χ3v) is 3.87. The Labute approximate surface area is 111 Å². The van der Waals surface area contributed by atoms with Gasteiger partial charge in [-0.2, -0.15) is 0 Å². The number of benzene rings is 1. The van der Waals surface area contributed by atoms with Gasteiger partial charge in [-0.05, 0) is 38.0 Å². The summed E-state index contributed by atoms with van der Waals surface area (Å²) in [6.07, 6.45) is -0.723. The molecule has 0 bridgehead atoms. The third-order valence-electron chi connectivity index (χ3n) is 2.86. The SMILES string of the molecule is COc1cc(C)cc(C)c1C(O)c1nc(C)cs1. The maximum absolute atomic E-state index is 10.5. The molecule has 0 spiro atoms. The van der Waals surface area contributed by atoms with Gasteiger partial charge in [-0.1, -0.05) is 6.07 Å². The zero-order valence-electron chi connectivity index (χ0n) is 11.0. The van der Waals surface area contributed by atoms with Crippen molar-refractivity contribution < 1.29 is 9.84 Å². The van der Waals surface area contributed by atoms with Gasteiger partial charge in [0, 0.05) is 16.6 Å². The van der Waals surface area contributed by atoms with Crippen LogP contribution in [-0.2, 0) is 0 Å². The molecule has 0 fully saturated rings. The highest BCUT2D eigenvalue weighted by Gasteiger charge is 2.20. The van der Waals surface area contributed by atoms with Crippen LogP contribution >= 0.6 is 11.3 Å². The van der Waals surface area contributed by atoms with Crippen LogP contribution in [-0.4, -0.2) is 17.2 Å². The molecule has 0 aliphatic heterocycles. The maximum Gasteiger partial charge on any atom is 0.134 e. The van der Waals surface area contributed by atoms with Crippen LogP contribution in [0, 0.1) is 20.8 Å². The van der Waals surface area contributed by atoms with Crippen molar-refractivity contribution in [3.8, 4) is 5.75 Å². The number of rotatable bonds is 3. The second kappa shape index (κ2) is 5.08. The minimum Gasteiger partial charge on any atom is -0.496 e. The molecular formula is C14H17NO2S. The molecule has 1 heterocycles. The number of hydrogen-bond donors (Lipinski definition) is 1. The van der Waals surface area contributed by atoms with E-state index >= 15 is 0 Å². The van der Waals surface area contributed by atoms with E-state index in [1.807, 2.05) is 38.3 Å². The van der Waals surface area contributed by atoms with Crippen LogP contribution in [0.1, 0.15) is 33.5 Å². The summed E-state index contributed by atoms with van der Waals surface area (Å²) in [6.45, 7) is 5.92. The van der Waals surface area contributed by atoms with Crippen LogP contribution in [0.5, 0.6) is 5.75 Å². The molecule has 96 valence electrons. The first-order valence-electron chi connectivity index (χ1n) is 5.78. The lowest BCUT2D eigenvalue weighted by Crippen LogP contribution is -2.05. The van der Waals surface area contributed by atoms with Crippen molar-refractivity contribution in [3.05, 3.63) is 44.9 Å². The largest absolute Gasteiger partial charge is 0.496 e. The van der Waals surface area contributed by atoms with Gasteiger partial charge in [0.2, 0.25) is 0 Å². The van der Waals surface area contributed by atoms with Gasteiger partial charge in [0.1, 0.15) is 16.9 Å². The van der Waals surface area contributed by atoms with Crippen LogP contribution in [0.15, 0.2) is 17.5 Å². The van der Waals surface area contributed by atoms with Gasteiger partial charge >= 0.3 is 0 Å². The first-order chi connectivity index (χ1) is 8.52. The van der Waals surface area contributed by atoms with Crippen molar-refractivity contribution >= 4 is 11.3 Å². The van der Waals surface area contributed by atoms with Gasteiger partial charge in [0.05, 0.1) is 7.11 Å². The second-order valence-electron chi connectivity index (χ2n) is 4.43. The summed E-state index contributed by atoms with van der Waals surface area (Å²) < 4.78 is 5.37. The Morgan fingerprint density at radius 3 is 2.56 bits per heavy atom. The summed E-state index contributed by atoms with van der Waals surface area (Å²) in [4.78, 5) is 4.34. The topological polar surface area (TPSA) is 42.4 Å². The van der Waals surface area contributed by atoms with Crippen molar-refractivity contribution in [2.75, 3.05) is 7.11 Å². The first-order valence-corrected chi connectivity index (χ1v) is 6.66. The molecule has 0 amide bonds. The molecule has 2 aromatic rings.